The molecule has 0 atom stereocenters. The monoisotopic (exact) mass is 584 g/mol. The van der Waals surface area contributed by atoms with Crippen molar-refractivity contribution in [2.24, 2.45) is 0 Å². The predicted octanol–water partition coefficient (Wildman–Crippen LogP) is 6.22. The van der Waals surface area contributed by atoms with E-state index in [4.69, 9.17) is 27.9 Å². The van der Waals surface area contributed by atoms with E-state index in [1.54, 1.807) is 12.1 Å². The van der Waals surface area contributed by atoms with Crippen molar-refractivity contribution >= 4 is 57.1 Å². The number of carbonyl (C=O) groups excluding carboxylic acids is 1. The molecule has 2 N–H and O–H groups in total. The first-order valence-electron chi connectivity index (χ1n) is 13.0. The van der Waals surface area contributed by atoms with E-state index in [1.807, 2.05) is 43.0 Å². The molecule has 0 spiro atoms. The first-order valence-corrected chi connectivity index (χ1v) is 13.7. The van der Waals surface area contributed by atoms with Gasteiger partial charge < -0.3 is 25.2 Å². The highest BCUT2D eigenvalue weighted by Gasteiger charge is 2.23. The summed E-state index contributed by atoms with van der Waals surface area (Å²) in [6.07, 6.45) is 6.45. The number of fused-ring (bicyclic) bond motifs is 1. The van der Waals surface area contributed by atoms with Crippen LogP contribution in [0.5, 0.6) is 5.75 Å². The molecule has 210 valence electrons. The van der Waals surface area contributed by atoms with E-state index < -0.39 is 5.82 Å². The van der Waals surface area contributed by atoms with E-state index >= 15 is 0 Å². The summed E-state index contributed by atoms with van der Waals surface area (Å²) in [5, 5.41) is 16.9. The fourth-order valence-electron chi connectivity index (χ4n) is 4.52. The Hall–Kier alpha value is -3.58. The van der Waals surface area contributed by atoms with E-state index in [9.17, 15) is 14.4 Å². The number of nitrogens with zero attached hydrogens (tertiary/aromatic N) is 4. The second kappa shape index (κ2) is 13.2. The fourth-order valence-corrected chi connectivity index (χ4v) is 4.83. The number of aromatic nitrogens is 1. The summed E-state index contributed by atoms with van der Waals surface area (Å²) < 4.78 is 20.8. The van der Waals surface area contributed by atoms with Crippen LogP contribution in [-0.2, 0) is 4.79 Å². The Morgan fingerprint density at radius 2 is 2.02 bits per heavy atom. The average molecular weight is 586 g/mol. The minimum Gasteiger partial charge on any atom is -0.492 e. The number of halogens is 3. The van der Waals surface area contributed by atoms with Crippen molar-refractivity contribution in [3.63, 3.8) is 0 Å². The molecule has 1 saturated heterocycles. The second-order valence-electron chi connectivity index (χ2n) is 9.71. The number of hydrogen-bond acceptors (Lipinski definition) is 7. The zero-order valence-corrected chi connectivity index (χ0v) is 24.1. The molecule has 4 rings (SSSR count). The summed E-state index contributed by atoms with van der Waals surface area (Å²) in [6, 6.07) is 8.83. The molecule has 0 unspecified atom stereocenters. The number of rotatable bonds is 9. The normalized spacial score (nSPS) is 14.1. The smallest absolute Gasteiger partial charge is 0.246 e. The third-order valence-electron chi connectivity index (χ3n) is 6.58. The molecule has 3 aromatic rings. The van der Waals surface area contributed by atoms with Crippen LogP contribution >= 0.6 is 23.2 Å². The number of nitriles is 1. The number of nitrogens with one attached hydrogen (secondary N) is 2. The highest BCUT2D eigenvalue weighted by atomic mass is 35.5. The van der Waals surface area contributed by atoms with Gasteiger partial charge in [-0.25, -0.2) is 4.39 Å². The van der Waals surface area contributed by atoms with Crippen molar-refractivity contribution in [1.29, 1.82) is 5.26 Å². The minimum absolute atomic E-state index is 0.0152. The van der Waals surface area contributed by atoms with Gasteiger partial charge in [0.1, 0.15) is 11.8 Å². The number of likely N-dealkylation sites (N-methyl/N-ethyl adjacent to an activating group) is 1. The SMILES string of the molecule is CCOc1cc2ncc(C#N)c(Nc3ccc(Cl)c(Cl)c3F)c2cc1NC1CCN(C(=O)/C=C/CN(C)C)CC1. The molecule has 1 aliphatic heterocycles. The summed E-state index contributed by atoms with van der Waals surface area (Å²) in [4.78, 5) is 20.8. The summed E-state index contributed by atoms with van der Waals surface area (Å²) in [6.45, 7) is 4.31. The van der Waals surface area contributed by atoms with Crippen molar-refractivity contribution in [3.8, 4) is 11.8 Å². The number of ether oxygens (including phenoxy) is 1. The average Bonchev–Trinajstić information content (AvgIpc) is 2.94. The Balaban J connectivity index is 1.61. The molecule has 8 nitrogen and oxygen atoms in total. The summed E-state index contributed by atoms with van der Waals surface area (Å²) in [7, 11) is 3.91. The molecule has 2 heterocycles. The molecule has 1 aliphatic rings. The van der Waals surface area contributed by atoms with Gasteiger partial charge in [-0.3, -0.25) is 9.78 Å². The van der Waals surface area contributed by atoms with Crippen LogP contribution < -0.4 is 15.4 Å². The van der Waals surface area contributed by atoms with Gasteiger partial charge in [0.25, 0.3) is 0 Å². The molecule has 0 radical (unpaired) electrons. The molecule has 40 heavy (non-hydrogen) atoms. The first-order chi connectivity index (χ1) is 19.2. The maximum absolute atomic E-state index is 14.9. The Morgan fingerprint density at radius 1 is 1.27 bits per heavy atom. The number of likely N-dealkylation sites (tertiary alicyclic amines) is 1. The van der Waals surface area contributed by atoms with Gasteiger partial charge in [0.15, 0.2) is 5.82 Å². The van der Waals surface area contributed by atoms with Gasteiger partial charge in [-0.15, -0.1) is 0 Å². The molecule has 11 heteroatoms. The maximum atomic E-state index is 14.9. The summed E-state index contributed by atoms with van der Waals surface area (Å²) in [5.74, 6) is -0.0875. The molecule has 0 saturated carbocycles. The summed E-state index contributed by atoms with van der Waals surface area (Å²) in [5.41, 5.74) is 2.00. The highest BCUT2D eigenvalue weighted by Crippen LogP contribution is 2.38. The number of anilines is 3. The Bertz CT molecular complexity index is 1470. The first kappa shape index (κ1) is 29.4. The van der Waals surface area contributed by atoms with Crippen LogP contribution in [0.3, 0.4) is 0 Å². The number of amides is 1. The van der Waals surface area contributed by atoms with Gasteiger partial charge in [0.2, 0.25) is 5.91 Å². The zero-order valence-electron chi connectivity index (χ0n) is 22.6. The van der Waals surface area contributed by atoms with E-state index in [0.29, 0.717) is 48.6 Å². The van der Waals surface area contributed by atoms with Gasteiger partial charge >= 0.3 is 0 Å². The van der Waals surface area contributed by atoms with Gasteiger partial charge in [-0.1, -0.05) is 29.3 Å². The van der Waals surface area contributed by atoms with Crippen molar-refractivity contribution in [2.75, 3.05) is 51.0 Å². The number of carbonyl (C=O) groups is 1. The van der Waals surface area contributed by atoms with Gasteiger partial charge in [0.05, 0.1) is 44.8 Å². The third kappa shape index (κ3) is 6.76. The van der Waals surface area contributed by atoms with E-state index in [1.165, 1.54) is 18.3 Å². The van der Waals surface area contributed by atoms with Crippen molar-refractivity contribution in [1.82, 2.24) is 14.8 Å². The van der Waals surface area contributed by atoms with Crippen LogP contribution in [0.1, 0.15) is 25.3 Å². The lowest BCUT2D eigenvalue weighted by molar-refractivity contribution is -0.126. The van der Waals surface area contributed by atoms with Crippen molar-refractivity contribution in [3.05, 3.63) is 64.0 Å². The van der Waals surface area contributed by atoms with Gasteiger partial charge in [0, 0.05) is 49.4 Å². The molecule has 0 bridgehead atoms. The zero-order chi connectivity index (χ0) is 28.8. The lowest BCUT2D eigenvalue weighted by Crippen LogP contribution is -2.41. The van der Waals surface area contributed by atoms with Crippen LogP contribution in [-0.4, -0.2) is 67.1 Å². The van der Waals surface area contributed by atoms with E-state index in [-0.39, 0.29) is 33.2 Å². The van der Waals surface area contributed by atoms with Crippen LogP contribution in [0, 0.1) is 17.1 Å². The summed E-state index contributed by atoms with van der Waals surface area (Å²) >= 11 is 12.0. The molecular weight excluding hydrogens is 554 g/mol. The van der Waals surface area contributed by atoms with Crippen molar-refractivity contribution < 1.29 is 13.9 Å². The van der Waals surface area contributed by atoms with Crippen molar-refractivity contribution in [2.45, 2.75) is 25.8 Å². The van der Waals surface area contributed by atoms with Crippen LogP contribution in [0.15, 0.2) is 42.6 Å². The fraction of sp³-hybridized carbons (Fsp3) is 0.345. The molecule has 1 aromatic heterocycles. The van der Waals surface area contributed by atoms with Crippen LogP contribution in [0.25, 0.3) is 10.9 Å². The number of benzene rings is 2. The van der Waals surface area contributed by atoms with Gasteiger partial charge in [-0.05, 0) is 52.1 Å². The number of piperidine rings is 1. The molecular formula is C29H31Cl2FN6O2. The van der Waals surface area contributed by atoms with Gasteiger partial charge in [-0.2, -0.15) is 5.26 Å². The largest absolute Gasteiger partial charge is 0.492 e. The Morgan fingerprint density at radius 3 is 2.70 bits per heavy atom. The van der Waals surface area contributed by atoms with E-state index in [0.717, 1.165) is 18.5 Å². The number of hydrogen-bond donors (Lipinski definition) is 2. The quantitative estimate of drug-likeness (QED) is 0.228. The third-order valence-corrected chi connectivity index (χ3v) is 7.36. The topological polar surface area (TPSA) is 93.5 Å². The highest BCUT2D eigenvalue weighted by molar-refractivity contribution is 6.42. The molecule has 1 fully saturated rings. The van der Waals surface area contributed by atoms with E-state index in [2.05, 4.69) is 21.7 Å². The predicted molar refractivity (Wildman–Crippen MR) is 158 cm³/mol. The second-order valence-corrected chi connectivity index (χ2v) is 10.5. The Labute approximate surface area is 243 Å². The molecule has 1 amide bonds. The maximum Gasteiger partial charge on any atom is 0.246 e. The minimum atomic E-state index is -0.717. The lowest BCUT2D eigenvalue weighted by Gasteiger charge is -2.32. The number of pyridine rings is 1. The molecule has 2 aromatic carbocycles. The van der Waals surface area contributed by atoms with Crippen LogP contribution in [0.4, 0.5) is 21.5 Å². The van der Waals surface area contributed by atoms with Crippen LogP contribution in [0.2, 0.25) is 10.0 Å². The Kier molecular flexibility index (Phi) is 9.69. The molecule has 0 aliphatic carbocycles. The lowest BCUT2D eigenvalue weighted by atomic mass is 10.0. The standard InChI is InChI=1S/C29H31Cl2FN6O2/c1-4-40-25-15-23-20(29(18(16-33)17-34-23)36-22-8-7-21(30)27(31)28(22)32)14-24(25)35-19-9-12-38(13-10-19)26(39)6-5-11-37(2)3/h5-8,14-15,17,19,35H,4,9-13H2,1-3H3,(H,34,36)/b6-5+.